The molecule has 0 saturated carbocycles. The first-order valence-corrected chi connectivity index (χ1v) is 6.94. The van der Waals surface area contributed by atoms with Gasteiger partial charge in [-0.1, -0.05) is 23.7 Å². The van der Waals surface area contributed by atoms with Crippen molar-refractivity contribution >= 4 is 17.4 Å². The van der Waals surface area contributed by atoms with Crippen molar-refractivity contribution in [1.29, 1.82) is 0 Å². The average molecular weight is 292 g/mol. The molecule has 3 nitrogen and oxygen atoms in total. The molecule has 4 heteroatoms. The fourth-order valence-electron chi connectivity index (χ4n) is 2.04. The van der Waals surface area contributed by atoms with Crippen molar-refractivity contribution in [3.05, 3.63) is 58.5 Å². The molecule has 0 saturated heterocycles. The van der Waals surface area contributed by atoms with Crippen LogP contribution in [0.4, 0.5) is 0 Å². The minimum atomic E-state index is 0.114. The summed E-state index contributed by atoms with van der Waals surface area (Å²) in [5.74, 6) is 1.04. The van der Waals surface area contributed by atoms with Crippen molar-refractivity contribution in [2.75, 3.05) is 13.6 Å². The number of hydrogen-bond donors (Lipinski definition) is 0. The van der Waals surface area contributed by atoms with Crippen molar-refractivity contribution in [2.45, 2.75) is 19.9 Å². The van der Waals surface area contributed by atoms with Crippen molar-refractivity contribution < 1.29 is 9.21 Å². The van der Waals surface area contributed by atoms with Crippen molar-refractivity contribution in [2.24, 2.45) is 0 Å². The quantitative estimate of drug-likeness (QED) is 0.756. The zero-order chi connectivity index (χ0) is 14.5. The Morgan fingerprint density at radius 1 is 1.35 bits per heavy atom. The lowest BCUT2D eigenvalue weighted by atomic mass is 10.1. The normalized spacial score (nSPS) is 11.0. The Kier molecular flexibility index (Phi) is 4.99. The Morgan fingerprint density at radius 3 is 2.80 bits per heavy atom. The first-order valence-electron chi connectivity index (χ1n) is 6.56. The molecule has 0 N–H and O–H groups in total. The number of nitrogens with zero attached hydrogens (tertiary/aromatic N) is 1. The van der Waals surface area contributed by atoms with Crippen LogP contribution in [0.1, 0.15) is 28.1 Å². The molecule has 0 aliphatic carbocycles. The maximum absolute atomic E-state index is 12.1. The highest BCUT2D eigenvalue weighted by Gasteiger charge is 2.10. The van der Waals surface area contributed by atoms with E-state index in [1.54, 1.807) is 30.5 Å². The highest BCUT2D eigenvalue weighted by atomic mass is 35.5. The van der Waals surface area contributed by atoms with Gasteiger partial charge in [-0.2, -0.15) is 0 Å². The molecule has 0 bridgehead atoms. The number of rotatable bonds is 6. The number of ketones is 1. The van der Waals surface area contributed by atoms with Gasteiger partial charge in [-0.25, -0.2) is 0 Å². The molecule has 0 unspecified atom stereocenters. The van der Waals surface area contributed by atoms with Gasteiger partial charge in [0.1, 0.15) is 5.76 Å². The number of aryl methyl sites for hydroxylation is 1. The smallest absolute Gasteiger partial charge is 0.164 e. The van der Waals surface area contributed by atoms with Crippen LogP contribution < -0.4 is 0 Å². The van der Waals surface area contributed by atoms with Gasteiger partial charge in [-0.3, -0.25) is 4.79 Å². The fraction of sp³-hybridized carbons (Fsp3) is 0.312. The SMILES string of the molecule is Cc1occc1CN(C)CCC(=O)c1cccc(Cl)c1. The van der Waals surface area contributed by atoms with Gasteiger partial charge < -0.3 is 9.32 Å². The molecule has 0 atom stereocenters. The van der Waals surface area contributed by atoms with E-state index in [0.717, 1.165) is 17.9 Å². The van der Waals surface area contributed by atoms with E-state index in [9.17, 15) is 4.79 Å². The van der Waals surface area contributed by atoms with Crippen LogP contribution in [-0.2, 0) is 6.54 Å². The lowest BCUT2D eigenvalue weighted by Gasteiger charge is -2.15. The first-order chi connectivity index (χ1) is 9.56. The number of hydrogen-bond acceptors (Lipinski definition) is 3. The Bertz CT molecular complexity index is 592. The molecule has 1 aromatic carbocycles. The molecule has 0 aliphatic rings. The van der Waals surface area contributed by atoms with E-state index >= 15 is 0 Å². The van der Waals surface area contributed by atoms with Gasteiger partial charge in [-0.15, -0.1) is 0 Å². The summed E-state index contributed by atoms with van der Waals surface area (Å²) in [6.45, 7) is 3.43. The van der Waals surface area contributed by atoms with Gasteiger partial charge >= 0.3 is 0 Å². The summed E-state index contributed by atoms with van der Waals surface area (Å²) in [5.41, 5.74) is 1.83. The molecule has 2 aromatic rings. The summed E-state index contributed by atoms with van der Waals surface area (Å²) in [6.07, 6.45) is 2.17. The predicted octanol–water partition coefficient (Wildman–Crippen LogP) is 3.95. The lowest BCUT2D eigenvalue weighted by molar-refractivity contribution is 0.0968. The van der Waals surface area contributed by atoms with Gasteiger partial charge in [0.05, 0.1) is 6.26 Å². The molecule has 0 spiro atoms. The van der Waals surface area contributed by atoms with Crippen LogP contribution in [0, 0.1) is 6.92 Å². The molecule has 20 heavy (non-hydrogen) atoms. The average Bonchev–Trinajstić information content (AvgIpc) is 2.81. The second-order valence-corrected chi connectivity index (χ2v) is 5.36. The fourth-order valence-corrected chi connectivity index (χ4v) is 2.23. The molecular weight excluding hydrogens is 274 g/mol. The molecule has 1 aromatic heterocycles. The van der Waals surface area contributed by atoms with Crippen molar-refractivity contribution in [1.82, 2.24) is 4.90 Å². The number of carbonyl (C=O) groups excluding carboxylic acids is 1. The van der Waals surface area contributed by atoms with Crippen molar-refractivity contribution in [3.63, 3.8) is 0 Å². The van der Waals surface area contributed by atoms with Crippen LogP contribution in [0.2, 0.25) is 5.02 Å². The maximum Gasteiger partial charge on any atom is 0.164 e. The second-order valence-electron chi connectivity index (χ2n) is 4.92. The molecule has 106 valence electrons. The van der Waals surface area contributed by atoms with Crippen LogP contribution in [0.5, 0.6) is 0 Å². The van der Waals surface area contributed by atoms with Gasteiger partial charge in [-0.05, 0) is 32.2 Å². The highest BCUT2D eigenvalue weighted by molar-refractivity contribution is 6.31. The topological polar surface area (TPSA) is 33.5 Å². The highest BCUT2D eigenvalue weighted by Crippen LogP contribution is 2.14. The number of benzene rings is 1. The van der Waals surface area contributed by atoms with E-state index in [1.165, 1.54) is 0 Å². The molecule has 2 rings (SSSR count). The van der Waals surface area contributed by atoms with E-state index in [0.29, 0.717) is 23.6 Å². The summed E-state index contributed by atoms with van der Waals surface area (Å²) in [5, 5.41) is 0.596. The molecular formula is C16H18ClNO2. The van der Waals surface area contributed by atoms with Crippen LogP contribution in [0.3, 0.4) is 0 Å². The summed E-state index contributed by atoms with van der Waals surface area (Å²) < 4.78 is 5.27. The Labute approximate surface area is 124 Å². The van der Waals surface area contributed by atoms with Crippen LogP contribution in [-0.4, -0.2) is 24.3 Å². The van der Waals surface area contributed by atoms with Gasteiger partial charge in [0, 0.05) is 35.7 Å². The van der Waals surface area contributed by atoms with E-state index in [-0.39, 0.29) is 5.78 Å². The van der Waals surface area contributed by atoms with Gasteiger partial charge in [0.2, 0.25) is 0 Å². The summed E-state index contributed by atoms with van der Waals surface area (Å²) in [6, 6.07) is 9.05. The minimum Gasteiger partial charge on any atom is -0.469 e. The van der Waals surface area contributed by atoms with Gasteiger partial charge in [0.25, 0.3) is 0 Å². The molecule has 0 amide bonds. The van der Waals surface area contributed by atoms with Crippen LogP contribution >= 0.6 is 11.6 Å². The van der Waals surface area contributed by atoms with E-state index in [1.807, 2.05) is 20.0 Å². The second kappa shape index (κ2) is 6.73. The predicted molar refractivity (Wildman–Crippen MR) is 80.2 cm³/mol. The van der Waals surface area contributed by atoms with Crippen molar-refractivity contribution in [3.8, 4) is 0 Å². The molecule has 0 aliphatic heterocycles. The molecule has 1 heterocycles. The van der Waals surface area contributed by atoms with E-state index in [4.69, 9.17) is 16.0 Å². The molecule has 0 radical (unpaired) electrons. The first kappa shape index (κ1) is 14.8. The Hall–Kier alpha value is -1.58. The summed E-state index contributed by atoms with van der Waals surface area (Å²) >= 11 is 5.89. The standard InChI is InChI=1S/C16H18ClNO2/c1-12-14(7-9-20-12)11-18(2)8-6-16(19)13-4-3-5-15(17)10-13/h3-5,7,9-10H,6,8,11H2,1-2H3. The third-order valence-corrected chi connectivity index (χ3v) is 3.51. The third kappa shape index (κ3) is 3.95. The lowest BCUT2D eigenvalue weighted by Crippen LogP contribution is -2.21. The van der Waals surface area contributed by atoms with E-state index < -0.39 is 0 Å². The molecule has 0 fully saturated rings. The largest absolute Gasteiger partial charge is 0.469 e. The number of carbonyl (C=O) groups is 1. The number of furan rings is 1. The number of Topliss-reactive ketones (excluding diaryl/α,β-unsaturated/α-hetero) is 1. The zero-order valence-electron chi connectivity index (χ0n) is 11.7. The summed E-state index contributed by atoms with van der Waals surface area (Å²) in [7, 11) is 2.00. The van der Waals surface area contributed by atoms with Crippen LogP contribution in [0.15, 0.2) is 41.0 Å². The zero-order valence-corrected chi connectivity index (χ0v) is 12.5. The third-order valence-electron chi connectivity index (χ3n) is 3.27. The Morgan fingerprint density at radius 2 is 2.15 bits per heavy atom. The van der Waals surface area contributed by atoms with Crippen LogP contribution in [0.25, 0.3) is 0 Å². The minimum absolute atomic E-state index is 0.114. The van der Waals surface area contributed by atoms with E-state index in [2.05, 4.69) is 4.90 Å². The maximum atomic E-state index is 12.1. The monoisotopic (exact) mass is 291 g/mol. The summed E-state index contributed by atoms with van der Waals surface area (Å²) in [4.78, 5) is 14.2. The van der Waals surface area contributed by atoms with Gasteiger partial charge in [0.15, 0.2) is 5.78 Å². The Balaban J connectivity index is 1.86. The number of halogens is 1.